The van der Waals surface area contributed by atoms with Gasteiger partial charge in [-0.15, -0.1) is 0 Å². The first-order valence-corrected chi connectivity index (χ1v) is 6.13. The van der Waals surface area contributed by atoms with Gasteiger partial charge in [-0.25, -0.2) is 9.18 Å². The maximum Gasteiger partial charge on any atom is 0.330 e. The fourth-order valence-electron chi connectivity index (χ4n) is 1.73. The highest BCUT2D eigenvalue weighted by Gasteiger charge is 2.45. The van der Waals surface area contributed by atoms with Gasteiger partial charge in [-0.05, 0) is 22.6 Å². The van der Waals surface area contributed by atoms with Crippen LogP contribution in [0.15, 0.2) is 15.8 Å². The standard InChI is InChI=1S/C9H10FIN2O5/c10-5-6(15)4(2-14)18-8(5)13-1-3(11)7(16)12-9(13)17/h1,4-6,8,14-15H,2H2,(H,12,16,17)/t4-,5-,6?,8-/m1/s1/i9+1,12+1,13+1. The third-order valence-electron chi connectivity index (χ3n) is 2.67. The fraction of sp³-hybridized carbons (Fsp3) is 0.556. The number of aromatic nitrogens is 2. The van der Waals surface area contributed by atoms with Gasteiger partial charge in [-0.2, -0.15) is 0 Å². The number of aliphatic hydroxyl groups excluding tert-OH is 2. The van der Waals surface area contributed by atoms with E-state index in [-0.39, 0.29) is 3.57 Å². The van der Waals surface area contributed by atoms with Gasteiger partial charge in [0.1, 0.15) is 12.2 Å². The molecule has 0 saturated carbocycles. The summed E-state index contributed by atoms with van der Waals surface area (Å²) < 4.78 is 19.9. The monoisotopic (exact) mass is 375 g/mol. The van der Waals surface area contributed by atoms with Gasteiger partial charge >= 0.3 is 5.69 Å². The van der Waals surface area contributed by atoms with Crippen LogP contribution in [-0.4, -0.2) is 44.8 Å². The number of aromatic amines is 1. The second kappa shape index (κ2) is 5.07. The molecule has 3 N–H and O–H groups in total. The molecule has 2 rings (SSSR count). The predicted octanol–water partition coefficient (Wildman–Crippen LogP) is -1.27. The summed E-state index contributed by atoms with van der Waals surface area (Å²) in [6.45, 7) is -0.562. The Hall–Kier alpha value is -0.780. The van der Waals surface area contributed by atoms with Crippen LogP contribution in [-0.2, 0) is 4.74 Å². The van der Waals surface area contributed by atoms with Gasteiger partial charge in [0.25, 0.3) is 5.56 Å². The van der Waals surface area contributed by atoms with Gasteiger partial charge in [0.15, 0.2) is 12.4 Å². The zero-order chi connectivity index (χ0) is 13.4. The number of hydrogen-bond acceptors (Lipinski definition) is 5. The molecule has 0 spiro atoms. The van der Waals surface area contributed by atoms with Crippen LogP contribution in [0.1, 0.15) is 6.23 Å². The molecule has 1 fully saturated rings. The lowest BCUT2D eigenvalue weighted by Gasteiger charge is -2.15. The van der Waals surface area contributed by atoms with Crippen molar-refractivity contribution in [2.45, 2.75) is 24.6 Å². The number of ether oxygens (including phenoxy) is 1. The van der Waals surface area contributed by atoms with Crippen LogP contribution in [0, 0.1) is 3.57 Å². The average Bonchev–Trinajstić information content (AvgIpc) is 2.61. The Morgan fingerprint density at radius 3 is 2.78 bits per heavy atom. The fourth-order valence-corrected chi connectivity index (χ4v) is 2.16. The molecule has 18 heavy (non-hydrogen) atoms. The minimum atomic E-state index is -1.86. The van der Waals surface area contributed by atoms with E-state index in [0.717, 1.165) is 10.8 Å². The number of alkyl halides is 1. The molecule has 1 aromatic heterocycles. The second-order valence-electron chi connectivity index (χ2n) is 3.83. The molecule has 1 unspecified atom stereocenters. The molecule has 0 aliphatic carbocycles. The van der Waals surface area contributed by atoms with Crippen molar-refractivity contribution in [1.82, 2.24) is 9.55 Å². The lowest BCUT2D eigenvalue weighted by atomic mass is 10.2. The average molecular weight is 375 g/mol. The molecule has 0 aromatic carbocycles. The number of hydrogen-bond donors (Lipinski definition) is 3. The molecule has 0 bridgehead atoms. The van der Waals surface area contributed by atoms with Crippen molar-refractivity contribution in [2.75, 3.05) is 6.61 Å². The first kappa shape index (κ1) is 13.6. The Bertz CT molecular complexity index is 559. The SMILES string of the molecule is O=c1[15nH][13c](=O)[15n]([C@@H]2O[C@H](CO)C(O)[C@H]2F)cc1I. The first-order valence-electron chi connectivity index (χ1n) is 5.05. The molecule has 1 aliphatic heterocycles. The predicted molar refractivity (Wildman–Crippen MR) is 65.9 cm³/mol. The van der Waals surface area contributed by atoms with E-state index < -0.39 is 42.5 Å². The van der Waals surface area contributed by atoms with E-state index in [0.29, 0.717) is 0 Å². The number of H-pyrrole nitrogens is 1. The van der Waals surface area contributed by atoms with Crippen LogP contribution >= 0.6 is 22.6 Å². The van der Waals surface area contributed by atoms with E-state index in [2.05, 4.69) is 0 Å². The Morgan fingerprint density at radius 2 is 2.22 bits per heavy atom. The largest absolute Gasteiger partial charge is 0.394 e. The minimum Gasteiger partial charge on any atom is -0.394 e. The summed E-state index contributed by atoms with van der Waals surface area (Å²) in [5.41, 5.74) is -1.41. The van der Waals surface area contributed by atoms with Crippen LogP contribution in [0.2, 0.25) is 0 Å². The summed E-state index contributed by atoms with van der Waals surface area (Å²) in [6.07, 6.45) is -4.69. The van der Waals surface area contributed by atoms with Crippen molar-refractivity contribution in [3.05, 3.63) is 30.6 Å². The number of nitrogens with zero attached hydrogens (tertiary/aromatic N) is 1. The molecular formula is C9H10FIN2O5. The third-order valence-corrected chi connectivity index (χ3v) is 3.44. The molecule has 1 aromatic rings. The molecular weight excluding hydrogens is 365 g/mol. The highest BCUT2D eigenvalue weighted by Crippen LogP contribution is 2.30. The molecule has 100 valence electrons. The van der Waals surface area contributed by atoms with Crippen molar-refractivity contribution < 1.29 is 19.3 Å². The third kappa shape index (κ3) is 2.22. The van der Waals surface area contributed by atoms with Crippen molar-refractivity contribution in [2.24, 2.45) is 0 Å². The Labute approximate surface area is 113 Å². The molecule has 0 radical (unpaired) electrons. The number of halogens is 2. The molecule has 9 heteroatoms. The quantitative estimate of drug-likeness (QED) is 0.560. The van der Waals surface area contributed by atoms with Crippen LogP contribution in [0.4, 0.5) is 4.39 Å². The Balaban J connectivity index is 2.42. The first-order chi connectivity index (χ1) is 8.45. The van der Waals surface area contributed by atoms with E-state index in [4.69, 9.17) is 9.84 Å². The lowest BCUT2D eigenvalue weighted by Crippen LogP contribution is -2.37. The minimum absolute atomic E-state index is 0.185. The Morgan fingerprint density at radius 1 is 1.56 bits per heavy atom. The van der Waals surface area contributed by atoms with E-state index in [1.54, 1.807) is 22.6 Å². The van der Waals surface area contributed by atoms with Gasteiger partial charge in [-0.3, -0.25) is 14.3 Å². The van der Waals surface area contributed by atoms with E-state index in [1.807, 2.05) is 4.98 Å². The van der Waals surface area contributed by atoms with Crippen molar-refractivity contribution in [3.63, 3.8) is 0 Å². The van der Waals surface area contributed by atoms with Crippen molar-refractivity contribution in [3.8, 4) is 0 Å². The summed E-state index contributed by atoms with van der Waals surface area (Å²) in [4.78, 5) is 24.7. The highest BCUT2D eigenvalue weighted by molar-refractivity contribution is 14.1. The maximum atomic E-state index is 13.8. The summed E-state index contributed by atoms with van der Waals surface area (Å²) in [6, 6.07) is 0. The van der Waals surface area contributed by atoms with Gasteiger partial charge in [0, 0.05) is 6.20 Å². The van der Waals surface area contributed by atoms with Crippen molar-refractivity contribution in [1.29, 1.82) is 0 Å². The summed E-state index contributed by atoms with van der Waals surface area (Å²) in [5, 5.41) is 18.3. The van der Waals surface area contributed by atoms with Crippen LogP contribution in [0.3, 0.4) is 0 Å². The summed E-state index contributed by atoms with van der Waals surface area (Å²) in [5.74, 6) is 0. The van der Waals surface area contributed by atoms with Crippen LogP contribution in [0.5, 0.6) is 0 Å². The summed E-state index contributed by atoms with van der Waals surface area (Å²) in [7, 11) is 0. The number of rotatable bonds is 2. The number of nitrogens with one attached hydrogen (secondary N) is 1. The van der Waals surface area contributed by atoms with E-state index >= 15 is 0 Å². The molecule has 7 nitrogen and oxygen atoms in total. The van der Waals surface area contributed by atoms with Gasteiger partial charge in [0.2, 0.25) is 0 Å². The highest BCUT2D eigenvalue weighted by atomic mass is 127. The van der Waals surface area contributed by atoms with E-state index in [9.17, 15) is 19.1 Å². The van der Waals surface area contributed by atoms with E-state index in [1.165, 1.54) is 0 Å². The molecule has 0 amide bonds. The van der Waals surface area contributed by atoms with Gasteiger partial charge < -0.3 is 14.9 Å². The summed E-state index contributed by atoms with van der Waals surface area (Å²) >= 11 is 1.69. The molecule has 2 heterocycles. The lowest BCUT2D eigenvalue weighted by molar-refractivity contribution is -0.0492. The number of aliphatic hydroxyl groups is 2. The molecule has 1 aliphatic rings. The molecule has 4 atom stereocenters. The van der Waals surface area contributed by atoms with Gasteiger partial charge in [-0.1, -0.05) is 0 Å². The second-order valence-corrected chi connectivity index (χ2v) is 4.99. The molecule has 1 saturated heterocycles. The zero-order valence-corrected chi connectivity index (χ0v) is 11.1. The smallest absolute Gasteiger partial charge is 0.330 e. The Kier molecular flexibility index (Phi) is 3.84. The zero-order valence-electron chi connectivity index (χ0n) is 8.92. The van der Waals surface area contributed by atoms with Crippen LogP contribution < -0.4 is 11.2 Å². The van der Waals surface area contributed by atoms with Gasteiger partial charge in [0.05, 0.1) is 10.2 Å². The normalized spacial score (nSPS) is 31.8. The topological polar surface area (TPSA) is 105 Å². The van der Waals surface area contributed by atoms with Crippen molar-refractivity contribution >= 4 is 22.6 Å². The maximum absolute atomic E-state index is 13.8. The van der Waals surface area contributed by atoms with Crippen LogP contribution in [0.25, 0.3) is 0 Å².